The summed E-state index contributed by atoms with van der Waals surface area (Å²) in [6.45, 7) is 5.78. The smallest absolute Gasteiger partial charge is 0.341 e. The number of nitrogens with zero attached hydrogens (tertiary/aromatic N) is 4. The third-order valence-electron chi connectivity index (χ3n) is 2.65. The van der Waals surface area contributed by atoms with E-state index in [4.69, 9.17) is 4.74 Å². The minimum absolute atomic E-state index is 0.305. The van der Waals surface area contributed by atoms with Gasteiger partial charge in [0.15, 0.2) is 5.65 Å². The second-order valence-electron chi connectivity index (χ2n) is 4.44. The van der Waals surface area contributed by atoms with Crippen molar-refractivity contribution in [3.8, 4) is 0 Å². The zero-order valence-electron chi connectivity index (χ0n) is 12.0. The van der Waals surface area contributed by atoms with Gasteiger partial charge >= 0.3 is 5.97 Å². The summed E-state index contributed by atoms with van der Waals surface area (Å²) in [4.78, 5) is 16.2. The number of hydrogen-bond donors (Lipinski definition) is 1. The molecule has 1 N–H and O–H groups in total. The third-order valence-corrected chi connectivity index (χ3v) is 2.65. The van der Waals surface area contributed by atoms with E-state index in [0.717, 1.165) is 11.1 Å². The first-order chi connectivity index (χ1) is 9.54. The Balaban J connectivity index is 2.58. The largest absolute Gasteiger partial charge is 0.462 e. The van der Waals surface area contributed by atoms with Crippen molar-refractivity contribution in [2.75, 3.05) is 12.0 Å². The van der Waals surface area contributed by atoms with Gasteiger partial charge in [0.2, 0.25) is 0 Å². The molecule has 20 heavy (non-hydrogen) atoms. The molecule has 2 heterocycles. The Bertz CT molecular complexity index is 671. The molecule has 0 bridgehead atoms. The number of fused-ring (bicyclic) bond motifs is 1. The normalized spacial score (nSPS) is 10.4. The average molecular weight is 275 g/mol. The zero-order valence-corrected chi connectivity index (χ0v) is 12.0. The summed E-state index contributed by atoms with van der Waals surface area (Å²) >= 11 is 0. The molecule has 0 radical (unpaired) electrons. The van der Waals surface area contributed by atoms with Crippen molar-refractivity contribution in [1.82, 2.24) is 14.8 Å². The van der Waals surface area contributed by atoms with E-state index in [1.54, 1.807) is 24.9 Å². The molecule has 0 saturated heterocycles. The molecule has 2 rings (SSSR count). The van der Waals surface area contributed by atoms with E-state index in [9.17, 15) is 4.79 Å². The number of pyridine rings is 1. The van der Waals surface area contributed by atoms with Crippen molar-refractivity contribution in [3.05, 3.63) is 18.0 Å². The van der Waals surface area contributed by atoms with Crippen LogP contribution >= 0.6 is 0 Å². The molecule has 0 spiro atoms. The Morgan fingerprint density at radius 3 is 2.85 bits per heavy atom. The van der Waals surface area contributed by atoms with Gasteiger partial charge in [0.05, 0.1) is 23.9 Å². The van der Waals surface area contributed by atoms with Gasteiger partial charge in [-0.25, -0.2) is 9.78 Å². The molecule has 0 aromatic carbocycles. The van der Waals surface area contributed by atoms with Gasteiger partial charge in [-0.15, -0.1) is 0 Å². The molecule has 0 aliphatic rings. The second kappa shape index (κ2) is 5.68. The summed E-state index contributed by atoms with van der Waals surface area (Å²) in [7, 11) is 1.79. The lowest BCUT2D eigenvalue weighted by molar-refractivity contribution is 0.0527. The van der Waals surface area contributed by atoms with E-state index < -0.39 is 5.97 Å². The van der Waals surface area contributed by atoms with Gasteiger partial charge in [0, 0.05) is 19.0 Å². The maximum Gasteiger partial charge on any atom is 0.341 e. The van der Waals surface area contributed by atoms with Crippen LogP contribution in [0.5, 0.6) is 0 Å². The number of hydrogen-bond acceptors (Lipinski definition) is 6. The number of esters is 1. The molecular weight excluding hydrogens is 258 g/mol. The Kier molecular flexibility index (Phi) is 3.97. The number of aryl methyl sites for hydroxylation is 1. The Morgan fingerprint density at radius 2 is 2.20 bits per heavy atom. The standard InChI is InChI=1S/C13H17N5O2/c1-5-20-13(19)10-6-14-12-9(7-15-18(12)4)11(10)17-16-8(2)3/h6-7H,5H2,1-4H3,(H,14,17). The molecule has 2 aromatic heterocycles. The van der Waals surface area contributed by atoms with Crippen molar-refractivity contribution in [2.45, 2.75) is 20.8 Å². The topological polar surface area (TPSA) is 81.4 Å². The molecule has 0 fully saturated rings. The number of aromatic nitrogens is 3. The minimum Gasteiger partial charge on any atom is -0.462 e. The summed E-state index contributed by atoms with van der Waals surface area (Å²) in [5.41, 5.74) is 5.32. The Hall–Kier alpha value is -2.44. The molecule has 0 amide bonds. The van der Waals surface area contributed by atoms with Crippen LogP contribution in [0.4, 0.5) is 5.69 Å². The van der Waals surface area contributed by atoms with Gasteiger partial charge in [-0.2, -0.15) is 10.2 Å². The van der Waals surface area contributed by atoms with Crippen molar-refractivity contribution < 1.29 is 9.53 Å². The third kappa shape index (κ3) is 2.61. The molecular formula is C13H17N5O2. The summed E-state index contributed by atoms with van der Waals surface area (Å²) < 4.78 is 6.67. The first-order valence-corrected chi connectivity index (χ1v) is 6.29. The molecule has 0 saturated carbocycles. The minimum atomic E-state index is -0.433. The van der Waals surface area contributed by atoms with E-state index in [-0.39, 0.29) is 0 Å². The fourth-order valence-corrected chi connectivity index (χ4v) is 1.75. The van der Waals surface area contributed by atoms with Gasteiger partial charge in [0.1, 0.15) is 5.56 Å². The second-order valence-corrected chi connectivity index (χ2v) is 4.44. The lowest BCUT2D eigenvalue weighted by Crippen LogP contribution is -2.09. The molecule has 7 heteroatoms. The van der Waals surface area contributed by atoms with Gasteiger partial charge in [-0.1, -0.05) is 0 Å². The van der Waals surface area contributed by atoms with Crippen LogP contribution < -0.4 is 5.43 Å². The highest BCUT2D eigenvalue weighted by Gasteiger charge is 2.18. The fourth-order valence-electron chi connectivity index (χ4n) is 1.75. The molecule has 0 atom stereocenters. The van der Waals surface area contributed by atoms with Gasteiger partial charge < -0.3 is 4.74 Å². The average Bonchev–Trinajstić information content (AvgIpc) is 2.78. The Labute approximate surface area is 116 Å². The van der Waals surface area contributed by atoms with Crippen LogP contribution in [0.2, 0.25) is 0 Å². The van der Waals surface area contributed by atoms with Crippen LogP contribution in [0.25, 0.3) is 11.0 Å². The molecule has 106 valence electrons. The van der Waals surface area contributed by atoms with Crippen LogP contribution in [-0.4, -0.2) is 33.1 Å². The van der Waals surface area contributed by atoms with E-state index in [1.807, 2.05) is 13.8 Å². The number of rotatable bonds is 4. The summed E-state index contributed by atoms with van der Waals surface area (Å²) in [5, 5.41) is 9.02. The van der Waals surface area contributed by atoms with Gasteiger partial charge in [0.25, 0.3) is 0 Å². The summed E-state index contributed by atoms with van der Waals surface area (Å²) in [6.07, 6.45) is 3.12. The molecule has 0 aliphatic heterocycles. The fraction of sp³-hybridized carbons (Fsp3) is 0.385. The highest BCUT2D eigenvalue weighted by Crippen LogP contribution is 2.26. The highest BCUT2D eigenvalue weighted by molar-refractivity contribution is 6.04. The number of ether oxygens (including phenoxy) is 1. The van der Waals surface area contributed by atoms with Crippen molar-refractivity contribution in [1.29, 1.82) is 0 Å². The van der Waals surface area contributed by atoms with Crippen molar-refractivity contribution >= 4 is 28.4 Å². The van der Waals surface area contributed by atoms with E-state index in [1.165, 1.54) is 6.20 Å². The van der Waals surface area contributed by atoms with Crippen LogP contribution in [0.3, 0.4) is 0 Å². The summed E-state index contributed by atoms with van der Waals surface area (Å²) in [5.74, 6) is -0.433. The van der Waals surface area contributed by atoms with Crippen LogP contribution in [0.1, 0.15) is 31.1 Å². The molecule has 0 aliphatic carbocycles. The zero-order chi connectivity index (χ0) is 14.7. The maximum atomic E-state index is 12.0. The van der Waals surface area contributed by atoms with Gasteiger partial charge in [-0.3, -0.25) is 10.1 Å². The lowest BCUT2D eigenvalue weighted by atomic mass is 10.2. The monoisotopic (exact) mass is 275 g/mol. The quantitative estimate of drug-likeness (QED) is 0.524. The number of hydrazone groups is 1. The van der Waals surface area contributed by atoms with Crippen LogP contribution in [-0.2, 0) is 11.8 Å². The van der Waals surface area contributed by atoms with Crippen LogP contribution in [0.15, 0.2) is 17.5 Å². The number of nitrogens with one attached hydrogen (secondary N) is 1. The molecule has 0 unspecified atom stereocenters. The first kappa shape index (κ1) is 14.0. The highest BCUT2D eigenvalue weighted by atomic mass is 16.5. The number of carbonyl (C=O) groups is 1. The lowest BCUT2D eigenvalue weighted by Gasteiger charge is -2.09. The van der Waals surface area contributed by atoms with Crippen molar-refractivity contribution in [2.24, 2.45) is 12.1 Å². The number of carbonyl (C=O) groups excluding carboxylic acids is 1. The molecule has 7 nitrogen and oxygen atoms in total. The summed E-state index contributed by atoms with van der Waals surface area (Å²) in [6, 6.07) is 0. The van der Waals surface area contributed by atoms with Gasteiger partial charge in [-0.05, 0) is 20.8 Å². The van der Waals surface area contributed by atoms with E-state index in [0.29, 0.717) is 23.5 Å². The molecule has 2 aromatic rings. The van der Waals surface area contributed by atoms with Crippen LogP contribution in [0, 0.1) is 0 Å². The predicted molar refractivity (Wildman–Crippen MR) is 76.9 cm³/mol. The van der Waals surface area contributed by atoms with Crippen molar-refractivity contribution in [3.63, 3.8) is 0 Å². The van der Waals surface area contributed by atoms with E-state index in [2.05, 4.69) is 20.6 Å². The Morgan fingerprint density at radius 1 is 1.45 bits per heavy atom. The SMILES string of the molecule is CCOC(=O)c1cnc2c(cnn2C)c1NN=C(C)C. The van der Waals surface area contributed by atoms with E-state index >= 15 is 0 Å². The maximum absolute atomic E-state index is 12.0. The number of anilines is 1. The predicted octanol–water partition coefficient (Wildman–Crippen LogP) is 1.95. The first-order valence-electron chi connectivity index (χ1n) is 6.29.